The molecule has 0 amide bonds. The summed E-state index contributed by atoms with van der Waals surface area (Å²) < 4.78 is 1.74. The van der Waals surface area contributed by atoms with Crippen LogP contribution in [0, 0.1) is 5.41 Å². The molecule has 33 heavy (non-hydrogen) atoms. The number of nitrogens with two attached hydrogens (primary N) is 1. The Morgan fingerprint density at radius 1 is 1.24 bits per heavy atom. The molecule has 4 rings (SSSR count). The summed E-state index contributed by atoms with van der Waals surface area (Å²) in [4.78, 5) is 16.5. The van der Waals surface area contributed by atoms with Crippen molar-refractivity contribution in [2.75, 3.05) is 12.8 Å². The Kier molecular flexibility index (Phi) is 6.23. The maximum absolute atomic E-state index is 11.8. The molecule has 1 aromatic heterocycles. The van der Waals surface area contributed by atoms with E-state index in [1.165, 1.54) is 6.21 Å². The van der Waals surface area contributed by atoms with Gasteiger partial charge in [0.25, 0.3) is 0 Å². The molecular formula is C24H25BN6O2. The zero-order valence-electron chi connectivity index (χ0n) is 18.6. The third-order valence-corrected chi connectivity index (χ3v) is 5.86. The zero-order valence-corrected chi connectivity index (χ0v) is 18.6. The number of hydrazone groups is 1. The molecule has 8 nitrogen and oxygen atoms in total. The van der Waals surface area contributed by atoms with E-state index in [1.54, 1.807) is 28.9 Å². The van der Waals surface area contributed by atoms with Crippen molar-refractivity contribution >= 4 is 48.6 Å². The number of aldehydes is 1. The maximum Gasteiger partial charge on any atom is 0.220 e. The summed E-state index contributed by atoms with van der Waals surface area (Å²) >= 11 is 0. The summed E-state index contributed by atoms with van der Waals surface area (Å²) in [5.41, 5.74) is 11.5. The van der Waals surface area contributed by atoms with E-state index in [0.717, 1.165) is 22.9 Å². The van der Waals surface area contributed by atoms with Crippen molar-refractivity contribution in [1.29, 1.82) is 5.41 Å². The number of nitrogens with zero attached hydrogens (tertiary/aromatic N) is 4. The highest BCUT2D eigenvalue weighted by molar-refractivity contribution is 6.89. The van der Waals surface area contributed by atoms with E-state index in [1.807, 2.05) is 49.5 Å². The molecule has 3 aromatic rings. The minimum atomic E-state index is -0.811. The smallest absolute Gasteiger partial charge is 0.220 e. The largest absolute Gasteiger partial charge is 0.398 e. The number of rotatable bonds is 8. The van der Waals surface area contributed by atoms with Gasteiger partial charge < -0.3 is 20.8 Å². The van der Waals surface area contributed by atoms with Gasteiger partial charge in [-0.15, -0.1) is 0 Å². The SMILES string of the molecule is CN(Cc1cccc(N)c1C=N)/N=C\c1c2c(n(C)c1C=O)N=C(C(O)c1ccccc1)B2. The Morgan fingerprint density at radius 2 is 2.00 bits per heavy atom. The Hall–Kier alpha value is -3.98. The number of carbonyl (C=O) groups is 1. The lowest BCUT2D eigenvalue weighted by molar-refractivity contribution is 0.111. The van der Waals surface area contributed by atoms with Crippen LogP contribution < -0.4 is 11.2 Å². The Labute approximate surface area is 192 Å². The number of nitrogen functional groups attached to an aromatic ring is 1. The van der Waals surface area contributed by atoms with E-state index >= 15 is 0 Å². The molecule has 0 spiro atoms. The molecule has 4 N–H and O–H groups in total. The molecule has 2 heterocycles. The van der Waals surface area contributed by atoms with Crippen molar-refractivity contribution < 1.29 is 9.90 Å². The fraction of sp³-hybridized carbons (Fsp3) is 0.167. The molecule has 0 saturated carbocycles. The van der Waals surface area contributed by atoms with Gasteiger partial charge in [0.05, 0.1) is 18.5 Å². The lowest BCUT2D eigenvalue weighted by atomic mass is 9.64. The molecule has 0 fully saturated rings. The monoisotopic (exact) mass is 440 g/mol. The zero-order chi connectivity index (χ0) is 23.5. The lowest BCUT2D eigenvalue weighted by Gasteiger charge is -2.15. The maximum atomic E-state index is 11.8. The van der Waals surface area contributed by atoms with E-state index in [9.17, 15) is 9.90 Å². The summed E-state index contributed by atoms with van der Waals surface area (Å²) in [5, 5.41) is 24.7. The first kappa shape index (κ1) is 22.2. The molecule has 0 radical (unpaired) electrons. The molecule has 9 heteroatoms. The van der Waals surface area contributed by atoms with Crippen molar-refractivity contribution in [2.45, 2.75) is 12.6 Å². The molecule has 0 saturated heterocycles. The summed E-state index contributed by atoms with van der Waals surface area (Å²) in [6, 6.07) is 14.9. The molecule has 1 atom stereocenters. The first-order valence-corrected chi connectivity index (χ1v) is 10.5. The number of hydrogen-bond acceptors (Lipinski definition) is 7. The highest BCUT2D eigenvalue weighted by Gasteiger charge is 2.30. The second-order valence-corrected chi connectivity index (χ2v) is 8.00. The fourth-order valence-corrected chi connectivity index (χ4v) is 4.11. The summed E-state index contributed by atoms with van der Waals surface area (Å²) in [5.74, 6) is 0.660. The van der Waals surface area contributed by atoms with Crippen LogP contribution in [0.1, 0.15) is 38.8 Å². The predicted octanol–water partition coefficient (Wildman–Crippen LogP) is 1.72. The molecule has 166 valence electrons. The number of nitrogens with one attached hydrogen (secondary N) is 1. The Morgan fingerprint density at radius 3 is 2.70 bits per heavy atom. The topological polar surface area (TPSA) is 120 Å². The van der Waals surface area contributed by atoms with Crippen LogP contribution in [-0.2, 0) is 13.6 Å². The summed E-state index contributed by atoms with van der Waals surface area (Å²) in [6.45, 7) is 0.451. The van der Waals surface area contributed by atoms with Crippen LogP contribution >= 0.6 is 0 Å². The molecule has 1 unspecified atom stereocenters. The van der Waals surface area contributed by atoms with Crippen molar-refractivity contribution in [3.8, 4) is 0 Å². The molecule has 0 aliphatic carbocycles. The molecular weight excluding hydrogens is 415 g/mol. The first-order valence-electron chi connectivity index (χ1n) is 10.5. The van der Waals surface area contributed by atoms with Crippen LogP contribution in [0.25, 0.3) is 0 Å². The van der Waals surface area contributed by atoms with Crippen LogP contribution in [0.15, 0.2) is 58.6 Å². The third kappa shape index (κ3) is 4.23. The highest BCUT2D eigenvalue weighted by atomic mass is 16.3. The third-order valence-electron chi connectivity index (χ3n) is 5.86. The van der Waals surface area contributed by atoms with Gasteiger partial charge in [-0.25, -0.2) is 4.99 Å². The van der Waals surface area contributed by atoms with Crippen molar-refractivity contribution in [1.82, 2.24) is 9.58 Å². The fourth-order valence-electron chi connectivity index (χ4n) is 4.11. The number of aromatic nitrogens is 1. The molecule has 1 aliphatic rings. The van der Waals surface area contributed by atoms with Crippen LogP contribution in [0.2, 0.25) is 0 Å². The average molecular weight is 440 g/mol. The molecule has 0 bridgehead atoms. The van der Waals surface area contributed by atoms with E-state index in [0.29, 0.717) is 47.8 Å². The number of carbonyl (C=O) groups excluding carboxylic acids is 1. The van der Waals surface area contributed by atoms with Gasteiger partial charge in [-0.2, -0.15) is 5.10 Å². The van der Waals surface area contributed by atoms with Gasteiger partial charge in [0, 0.05) is 42.7 Å². The lowest BCUT2D eigenvalue weighted by Crippen LogP contribution is -2.26. The number of hydrogen-bond donors (Lipinski definition) is 3. The van der Waals surface area contributed by atoms with Crippen molar-refractivity contribution in [3.05, 3.63) is 76.5 Å². The van der Waals surface area contributed by atoms with E-state index in [-0.39, 0.29) is 0 Å². The van der Waals surface area contributed by atoms with Gasteiger partial charge >= 0.3 is 0 Å². The van der Waals surface area contributed by atoms with Gasteiger partial charge in [-0.05, 0) is 22.7 Å². The van der Waals surface area contributed by atoms with Gasteiger partial charge in [0.1, 0.15) is 11.9 Å². The highest BCUT2D eigenvalue weighted by Crippen LogP contribution is 2.26. The molecule has 2 aromatic carbocycles. The number of anilines is 1. The quantitative estimate of drug-likeness (QED) is 0.162. The normalized spacial score (nSPS) is 13.4. The summed E-state index contributed by atoms with van der Waals surface area (Å²) in [7, 11) is 4.04. The van der Waals surface area contributed by atoms with Crippen LogP contribution in [0.3, 0.4) is 0 Å². The molecule has 1 aliphatic heterocycles. The van der Waals surface area contributed by atoms with Crippen LogP contribution in [0.4, 0.5) is 11.5 Å². The van der Waals surface area contributed by atoms with Crippen molar-refractivity contribution in [2.24, 2.45) is 17.1 Å². The van der Waals surface area contributed by atoms with E-state index in [2.05, 4.69) is 10.1 Å². The number of aliphatic hydroxyl groups excluding tert-OH is 1. The predicted molar refractivity (Wildman–Crippen MR) is 134 cm³/mol. The Bertz CT molecular complexity index is 1270. The van der Waals surface area contributed by atoms with Gasteiger partial charge in [0.2, 0.25) is 7.28 Å². The van der Waals surface area contributed by atoms with E-state index in [4.69, 9.17) is 11.1 Å². The number of benzene rings is 2. The Balaban J connectivity index is 1.59. The summed E-state index contributed by atoms with van der Waals surface area (Å²) in [6.07, 6.45) is 2.89. The first-order chi connectivity index (χ1) is 15.9. The van der Waals surface area contributed by atoms with Crippen LogP contribution in [0.5, 0.6) is 0 Å². The minimum absolute atomic E-state index is 0.436. The van der Waals surface area contributed by atoms with Gasteiger partial charge in [-0.3, -0.25) is 9.80 Å². The van der Waals surface area contributed by atoms with E-state index < -0.39 is 6.10 Å². The average Bonchev–Trinajstić information content (AvgIpc) is 3.36. The second-order valence-electron chi connectivity index (χ2n) is 8.00. The second kappa shape index (κ2) is 9.26. The minimum Gasteiger partial charge on any atom is -0.398 e. The van der Waals surface area contributed by atoms with Gasteiger partial charge in [-0.1, -0.05) is 42.5 Å². The number of aliphatic imine (C=N–C) groups is 1. The number of aliphatic hydroxyl groups is 1. The van der Waals surface area contributed by atoms with Crippen molar-refractivity contribution in [3.63, 3.8) is 0 Å². The van der Waals surface area contributed by atoms with Crippen LogP contribution in [-0.4, -0.2) is 53.3 Å². The van der Waals surface area contributed by atoms with Gasteiger partial charge in [0.15, 0.2) is 6.29 Å². The number of fused-ring (bicyclic) bond motifs is 1. The standard InChI is InChI=1S/C24H25BN6O2/c1-30(13-16-9-6-10-19(27)17(16)11-26)28-12-18-20(14-32)31(2)24-21(18)25-23(29-24)22(33)15-7-4-3-5-8-15/h3-12,14,22,25-26,33H,13,27H2,1-2H3/b26-11?,28-12-.